The number of nitrogen functional groups attached to an aromatic ring is 1. The molecule has 5 nitrogen and oxygen atoms in total. The molecule has 6 N–H and O–H groups in total. The van der Waals surface area contributed by atoms with Gasteiger partial charge in [-0.3, -0.25) is 0 Å². The molecule has 6 heteroatoms. The Labute approximate surface area is 129 Å². The summed E-state index contributed by atoms with van der Waals surface area (Å²) in [5.74, 6) is 3.02. The minimum absolute atomic E-state index is 0.0150. The number of nitrogens with zero attached hydrogens (tertiary/aromatic N) is 1. The van der Waals surface area contributed by atoms with Gasteiger partial charge in [-0.15, -0.1) is 0 Å². The summed E-state index contributed by atoms with van der Waals surface area (Å²) in [6, 6.07) is 6.92. The Balaban J connectivity index is 2.03. The van der Waals surface area contributed by atoms with Crippen molar-refractivity contribution in [2.75, 3.05) is 5.73 Å². The molecule has 22 heavy (non-hydrogen) atoms. The number of fused-ring (bicyclic) bond motifs is 1. The van der Waals surface area contributed by atoms with E-state index in [2.05, 4.69) is 11.0 Å². The Morgan fingerprint density at radius 1 is 1.41 bits per heavy atom. The molecule has 3 rings (SSSR count). The van der Waals surface area contributed by atoms with Crippen molar-refractivity contribution in [2.45, 2.75) is 19.1 Å². The molecule has 0 spiro atoms. The van der Waals surface area contributed by atoms with Gasteiger partial charge >= 0.3 is 0 Å². The molecule has 0 radical (unpaired) electrons. The predicted molar refractivity (Wildman–Crippen MR) is 89.0 cm³/mol. The molecule has 0 saturated heterocycles. The van der Waals surface area contributed by atoms with Crippen LogP contribution in [0.15, 0.2) is 24.3 Å². The van der Waals surface area contributed by atoms with Crippen LogP contribution in [0.5, 0.6) is 5.75 Å². The van der Waals surface area contributed by atoms with Crippen LogP contribution in [0.25, 0.3) is 11.8 Å². The summed E-state index contributed by atoms with van der Waals surface area (Å²) in [6.45, 7) is 0.0150. The number of para-hydroxylation sites is 1. The molecule has 1 aliphatic rings. The summed E-state index contributed by atoms with van der Waals surface area (Å²) in [5, 5.41) is 19.0. The van der Waals surface area contributed by atoms with Crippen molar-refractivity contribution in [1.29, 1.82) is 5.26 Å². The number of nitrogens with one attached hydrogen (secondary N) is 1. The van der Waals surface area contributed by atoms with E-state index in [1.807, 2.05) is 6.07 Å². The number of H-pyrrole nitrogens is 1. The number of anilines is 1. The van der Waals surface area contributed by atoms with Gasteiger partial charge in [0, 0.05) is 28.5 Å². The molecule has 2 aromatic rings. The summed E-state index contributed by atoms with van der Waals surface area (Å²) in [4.78, 5) is 3.19. The van der Waals surface area contributed by atoms with Crippen molar-refractivity contribution in [2.24, 2.45) is 5.73 Å². The van der Waals surface area contributed by atoms with Gasteiger partial charge < -0.3 is 21.6 Å². The number of benzene rings is 1. The molecular weight excluding hydrogens is 275 g/mol. The van der Waals surface area contributed by atoms with Crippen molar-refractivity contribution < 1.29 is 5.11 Å². The molecule has 0 saturated carbocycles. The van der Waals surface area contributed by atoms with E-state index in [-0.39, 0.29) is 12.5 Å². The van der Waals surface area contributed by atoms with Crippen LogP contribution in [0.1, 0.15) is 22.4 Å². The molecule has 0 aliphatic carbocycles. The zero-order valence-corrected chi connectivity index (χ0v) is 12.1. The van der Waals surface area contributed by atoms with Crippen molar-refractivity contribution in [3.8, 4) is 11.7 Å². The highest BCUT2D eigenvalue weighted by atomic mass is 16.3. The topological polar surface area (TPSA) is 112 Å². The van der Waals surface area contributed by atoms with E-state index in [0.29, 0.717) is 23.4 Å². The first-order chi connectivity index (χ1) is 10.6. The number of rotatable bonds is 2. The van der Waals surface area contributed by atoms with Crippen LogP contribution in [0.3, 0.4) is 0 Å². The lowest BCUT2D eigenvalue weighted by Crippen LogP contribution is -2.21. The monoisotopic (exact) mass is 292 g/mol. The average Bonchev–Trinajstić information content (AvgIpc) is 2.83. The first-order valence-corrected chi connectivity index (χ1v) is 7.24. The first kappa shape index (κ1) is 14.1. The van der Waals surface area contributed by atoms with Gasteiger partial charge in [0.2, 0.25) is 0 Å². The Morgan fingerprint density at radius 3 is 2.91 bits per heavy atom. The van der Waals surface area contributed by atoms with Gasteiger partial charge in [-0.05, 0) is 36.5 Å². The van der Waals surface area contributed by atoms with Crippen LogP contribution in [0.2, 0.25) is 6.32 Å². The molecular formula is C16H17BN4O. The highest BCUT2D eigenvalue weighted by Gasteiger charge is 2.26. The van der Waals surface area contributed by atoms with Crippen molar-refractivity contribution >= 4 is 24.3 Å². The summed E-state index contributed by atoms with van der Waals surface area (Å²) < 4.78 is 0. The lowest BCUT2D eigenvalue weighted by Gasteiger charge is -2.14. The van der Waals surface area contributed by atoms with Gasteiger partial charge in [0.1, 0.15) is 11.6 Å². The molecule has 0 fully saturated rings. The molecule has 1 aliphatic heterocycles. The third-order valence-corrected chi connectivity index (χ3v) is 4.16. The molecule has 1 aromatic heterocycles. The Kier molecular flexibility index (Phi) is 3.55. The van der Waals surface area contributed by atoms with Gasteiger partial charge in [-0.25, -0.2) is 5.26 Å². The number of aromatic amines is 1. The second kappa shape index (κ2) is 5.53. The van der Waals surface area contributed by atoms with Gasteiger partial charge in [-0.2, -0.15) is 0 Å². The largest absolute Gasteiger partial charge is 0.507 e. The number of hydrogen-bond acceptors (Lipinski definition) is 4. The second-order valence-electron chi connectivity index (χ2n) is 5.60. The smallest absolute Gasteiger partial charge is 0.272 e. The maximum absolute atomic E-state index is 9.89. The molecule has 0 atom stereocenters. The van der Waals surface area contributed by atoms with Crippen molar-refractivity contribution in [1.82, 2.24) is 4.98 Å². The number of hydrogen-bond donors (Lipinski definition) is 4. The molecule has 110 valence electrons. The number of aromatic nitrogens is 1. The standard InChI is InChI=1S/C16H17BN4O/c18-9-17-6-5-14-12(8-17)11(16(20)21-14)7-13(19)10-3-1-2-4-15(10)22/h1-4,7,21-22H,5-6,8,19-20H2/b13-7-. The number of phenols is 1. The highest BCUT2D eigenvalue weighted by molar-refractivity contribution is 6.66. The zero-order valence-electron chi connectivity index (χ0n) is 12.1. The second-order valence-corrected chi connectivity index (χ2v) is 5.60. The van der Waals surface area contributed by atoms with Gasteiger partial charge in [0.15, 0.2) is 0 Å². The first-order valence-electron chi connectivity index (χ1n) is 7.24. The van der Waals surface area contributed by atoms with Gasteiger partial charge in [0.25, 0.3) is 6.71 Å². The fraction of sp³-hybridized carbons (Fsp3) is 0.188. The number of nitriles is 1. The lowest BCUT2D eigenvalue weighted by molar-refractivity contribution is 0.473. The van der Waals surface area contributed by atoms with Crippen LogP contribution in [-0.2, 0) is 12.7 Å². The number of aromatic hydroxyl groups is 1. The maximum Gasteiger partial charge on any atom is 0.272 e. The molecule has 0 unspecified atom stereocenters. The summed E-state index contributed by atoms with van der Waals surface area (Å²) >= 11 is 0. The van der Waals surface area contributed by atoms with Crippen molar-refractivity contribution in [3.05, 3.63) is 46.6 Å². The van der Waals surface area contributed by atoms with Gasteiger partial charge in [-0.1, -0.05) is 18.5 Å². The van der Waals surface area contributed by atoms with E-state index in [1.54, 1.807) is 24.3 Å². The summed E-state index contributed by atoms with van der Waals surface area (Å²) in [7, 11) is 0. The summed E-state index contributed by atoms with van der Waals surface area (Å²) in [5.41, 5.74) is 16.2. The molecule has 0 amide bonds. The molecule has 2 heterocycles. The van der Waals surface area contributed by atoms with E-state index in [1.165, 1.54) is 0 Å². The zero-order chi connectivity index (χ0) is 15.7. The van der Waals surface area contributed by atoms with Gasteiger partial charge in [0.05, 0.1) is 0 Å². The van der Waals surface area contributed by atoms with Crippen molar-refractivity contribution in [3.63, 3.8) is 0 Å². The molecule has 0 bridgehead atoms. The van der Waals surface area contributed by atoms with Crippen LogP contribution in [0.4, 0.5) is 5.82 Å². The lowest BCUT2D eigenvalue weighted by atomic mass is 9.42. The number of nitrogens with two attached hydrogens (primary N) is 2. The van der Waals surface area contributed by atoms with E-state index in [9.17, 15) is 5.11 Å². The predicted octanol–water partition coefficient (Wildman–Crippen LogP) is 1.95. The SMILES string of the molecule is N#CB1CCc2[nH]c(N)c(/C=C(\N)c3ccccc3O)c2C1. The quantitative estimate of drug-likeness (QED) is 0.634. The Hall–Kier alpha value is -2.81. The summed E-state index contributed by atoms with van der Waals surface area (Å²) in [6.07, 6.45) is 4.13. The third-order valence-electron chi connectivity index (χ3n) is 4.16. The normalized spacial score (nSPS) is 14.5. The fourth-order valence-electron chi connectivity index (χ4n) is 2.97. The number of phenolic OH excluding ortho intramolecular Hbond substituents is 1. The minimum atomic E-state index is 0.0150. The average molecular weight is 292 g/mol. The molecule has 1 aromatic carbocycles. The van der Waals surface area contributed by atoms with Crippen LogP contribution < -0.4 is 11.5 Å². The van der Waals surface area contributed by atoms with E-state index in [0.717, 1.165) is 29.6 Å². The number of aryl methyl sites for hydroxylation is 1. The Bertz CT molecular complexity index is 788. The maximum atomic E-state index is 9.89. The fourth-order valence-corrected chi connectivity index (χ4v) is 2.97. The third kappa shape index (κ3) is 2.42. The van der Waals surface area contributed by atoms with Crippen LogP contribution in [-0.4, -0.2) is 16.8 Å². The van der Waals surface area contributed by atoms with Crippen LogP contribution in [0, 0.1) is 11.2 Å². The van der Waals surface area contributed by atoms with E-state index < -0.39 is 0 Å². The van der Waals surface area contributed by atoms with E-state index >= 15 is 0 Å². The highest BCUT2D eigenvalue weighted by Crippen LogP contribution is 2.32. The van der Waals surface area contributed by atoms with E-state index in [4.69, 9.17) is 16.7 Å². The Morgan fingerprint density at radius 2 is 2.18 bits per heavy atom. The van der Waals surface area contributed by atoms with Crippen LogP contribution >= 0.6 is 0 Å². The minimum Gasteiger partial charge on any atom is -0.507 e.